The molecule has 0 amide bonds. The predicted molar refractivity (Wildman–Crippen MR) is 156 cm³/mol. The summed E-state index contributed by atoms with van der Waals surface area (Å²) in [7, 11) is 0. The predicted octanol–water partition coefficient (Wildman–Crippen LogP) is 7.78. The molecule has 2 atom stereocenters. The Kier molecular flexibility index (Phi) is 5.44. The topological polar surface area (TPSA) is 30.9 Å². The summed E-state index contributed by atoms with van der Waals surface area (Å²) in [6.07, 6.45) is 0.768. The quantitative estimate of drug-likeness (QED) is 0.278. The maximum atomic E-state index is 5.44. The molecule has 0 fully saturated rings. The van der Waals surface area contributed by atoms with Crippen molar-refractivity contribution in [2.45, 2.75) is 18.1 Å². The van der Waals surface area contributed by atoms with Gasteiger partial charge in [-0.3, -0.25) is 4.90 Å². The molecule has 1 N–H and O–H groups in total. The van der Waals surface area contributed by atoms with Gasteiger partial charge in [0.05, 0.1) is 23.1 Å². The van der Waals surface area contributed by atoms with Gasteiger partial charge < -0.3 is 5.32 Å². The van der Waals surface area contributed by atoms with Crippen LogP contribution in [0.3, 0.4) is 0 Å². The van der Waals surface area contributed by atoms with Crippen molar-refractivity contribution in [1.29, 1.82) is 0 Å². The number of rotatable bonds is 4. The largest absolute Gasteiger partial charge is 0.376 e. The van der Waals surface area contributed by atoms with Crippen molar-refractivity contribution in [1.82, 2.24) is 0 Å². The van der Waals surface area contributed by atoms with E-state index < -0.39 is 5.66 Å². The van der Waals surface area contributed by atoms with Crippen LogP contribution in [0.4, 0.5) is 17.1 Å². The number of hydrazone groups is 1. The first-order valence-corrected chi connectivity index (χ1v) is 13.1. The maximum Gasteiger partial charge on any atom is 0.168 e. The fourth-order valence-electron chi connectivity index (χ4n) is 5.87. The molecule has 0 saturated heterocycles. The Hall–Kier alpha value is -4.83. The molecule has 0 bridgehead atoms. The van der Waals surface area contributed by atoms with Gasteiger partial charge in [0, 0.05) is 17.5 Å². The van der Waals surface area contributed by atoms with Crippen LogP contribution in [-0.2, 0) is 5.66 Å². The van der Waals surface area contributed by atoms with Crippen LogP contribution in [0.1, 0.15) is 29.2 Å². The molecule has 5 aromatic carbocycles. The fourth-order valence-corrected chi connectivity index (χ4v) is 5.87. The summed E-state index contributed by atoms with van der Waals surface area (Å²) in [4.78, 5) is 2.45. The minimum atomic E-state index is -0.617. The Balaban J connectivity index is 1.56. The molecule has 0 spiro atoms. The molecule has 2 aliphatic heterocycles. The molecule has 2 heterocycles. The Labute approximate surface area is 223 Å². The van der Waals surface area contributed by atoms with E-state index in [-0.39, 0.29) is 6.04 Å². The Morgan fingerprint density at radius 3 is 1.92 bits per heavy atom. The van der Waals surface area contributed by atoms with Gasteiger partial charge in [0.2, 0.25) is 0 Å². The standard InChI is InChI=1S/C34H28N4/c1-5-15-26(16-6-1)31-25-34(28-19-9-3-10-20-28)37(32-24-14-13-23-30(32)35-31)33(27-17-7-2-8-18-27)36-38(34)29-21-11-4-12-22-29/h1-24,31,35H,25H2/t31-,34+/m1/s1. The van der Waals surface area contributed by atoms with Gasteiger partial charge in [-0.15, -0.1) is 0 Å². The molecular weight excluding hydrogens is 464 g/mol. The van der Waals surface area contributed by atoms with Crippen LogP contribution in [-0.4, -0.2) is 5.84 Å². The van der Waals surface area contributed by atoms with E-state index in [0.29, 0.717) is 0 Å². The van der Waals surface area contributed by atoms with E-state index in [9.17, 15) is 0 Å². The molecular formula is C34H28N4. The molecule has 38 heavy (non-hydrogen) atoms. The van der Waals surface area contributed by atoms with Gasteiger partial charge in [-0.1, -0.05) is 121 Å². The van der Waals surface area contributed by atoms with Crippen LogP contribution >= 0.6 is 0 Å². The highest BCUT2D eigenvalue weighted by Gasteiger charge is 2.55. The summed E-state index contributed by atoms with van der Waals surface area (Å²) in [5, 5.41) is 11.6. The van der Waals surface area contributed by atoms with E-state index in [1.54, 1.807) is 0 Å². The third-order valence-electron chi connectivity index (χ3n) is 7.56. The minimum Gasteiger partial charge on any atom is -0.376 e. The van der Waals surface area contributed by atoms with Crippen molar-refractivity contribution < 1.29 is 0 Å². The Morgan fingerprint density at radius 2 is 1.21 bits per heavy atom. The molecule has 7 rings (SSSR count). The SMILES string of the molecule is c1ccc(C2=NN(c3ccccc3)[C@]3(c4ccccc4)C[C@H](c4ccccc4)Nc4ccccc4N23)cc1. The van der Waals surface area contributed by atoms with Crippen LogP contribution in [0.5, 0.6) is 0 Å². The van der Waals surface area contributed by atoms with Crippen LogP contribution in [0, 0.1) is 0 Å². The van der Waals surface area contributed by atoms with Crippen LogP contribution in [0.2, 0.25) is 0 Å². The summed E-state index contributed by atoms with van der Waals surface area (Å²) in [6.45, 7) is 0. The van der Waals surface area contributed by atoms with Crippen molar-refractivity contribution in [3.05, 3.63) is 162 Å². The van der Waals surface area contributed by atoms with E-state index in [1.165, 1.54) is 11.1 Å². The zero-order valence-corrected chi connectivity index (χ0v) is 21.0. The summed E-state index contributed by atoms with van der Waals surface area (Å²) >= 11 is 0. The molecule has 4 nitrogen and oxygen atoms in total. The fraction of sp³-hybridized carbons (Fsp3) is 0.0882. The van der Waals surface area contributed by atoms with Crippen molar-refractivity contribution in [3.8, 4) is 0 Å². The number of fused-ring (bicyclic) bond motifs is 3. The summed E-state index contributed by atoms with van der Waals surface area (Å²) in [5.74, 6) is 0.932. The van der Waals surface area contributed by atoms with Gasteiger partial charge in [-0.25, -0.2) is 5.01 Å². The second kappa shape index (κ2) is 9.24. The monoisotopic (exact) mass is 492 g/mol. The highest BCUT2D eigenvalue weighted by atomic mass is 15.7. The highest BCUT2D eigenvalue weighted by Crippen LogP contribution is 2.53. The minimum absolute atomic E-state index is 0.0547. The first-order valence-electron chi connectivity index (χ1n) is 13.1. The normalized spacial score (nSPS) is 20.1. The molecule has 0 unspecified atom stereocenters. The van der Waals surface area contributed by atoms with Gasteiger partial charge in [0.1, 0.15) is 0 Å². The van der Waals surface area contributed by atoms with E-state index in [4.69, 9.17) is 5.10 Å². The van der Waals surface area contributed by atoms with Gasteiger partial charge >= 0.3 is 0 Å². The van der Waals surface area contributed by atoms with Gasteiger partial charge in [-0.05, 0) is 29.8 Å². The Morgan fingerprint density at radius 1 is 0.632 bits per heavy atom. The van der Waals surface area contributed by atoms with Crippen molar-refractivity contribution >= 4 is 22.9 Å². The van der Waals surface area contributed by atoms with Crippen LogP contribution < -0.4 is 15.2 Å². The van der Waals surface area contributed by atoms with Crippen LogP contribution in [0.25, 0.3) is 0 Å². The number of benzene rings is 5. The van der Waals surface area contributed by atoms with Gasteiger partial charge in [-0.2, -0.15) is 5.10 Å². The number of para-hydroxylation sites is 3. The van der Waals surface area contributed by atoms with E-state index in [0.717, 1.165) is 34.9 Å². The second-order valence-electron chi connectivity index (χ2n) is 9.78. The number of nitrogens with zero attached hydrogens (tertiary/aromatic N) is 3. The molecule has 5 aromatic rings. The van der Waals surface area contributed by atoms with E-state index >= 15 is 0 Å². The van der Waals surface area contributed by atoms with Crippen molar-refractivity contribution in [3.63, 3.8) is 0 Å². The summed E-state index contributed by atoms with van der Waals surface area (Å²) < 4.78 is 0. The van der Waals surface area contributed by atoms with E-state index in [1.807, 2.05) is 0 Å². The lowest BCUT2D eigenvalue weighted by atomic mass is 9.86. The van der Waals surface area contributed by atoms with Gasteiger partial charge in [0.15, 0.2) is 11.5 Å². The molecule has 0 aromatic heterocycles. The molecule has 0 aliphatic carbocycles. The first-order chi connectivity index (χ1) is 18.8. The lowest BCUT2D eigenvalue weighted by Gasteiger charge is -2.45. The first kappa shape index (κ1) is 22.4. The summed E-state index contributed by atoms with van der Waals surface area (Å²) in [6, 6.07) is 51.3. The van der Waals surface area contributed by atoms with Crippen molar-refractivity contribution in [2.75, 3.05) is 15.2 Å². The number of nitrogens with one attached hydrogen (secondary N) is 1. The number of hydrogen-bond donors (Lipinski definition) is 1. The third-order valence-corrected chi connectivity index (χ3v) is 7.56. The molecule has 184 valence electrons. The van der Waals surface area contributed by atoms with Crippen molar-refractivity contribution in [2.24, 2.45) is 5.10 Å². The third kappa shape index (κ3) is 3.57. The highest BCUT2D eigenvalue weighted by molar-refractivity contribution is 6.15. The molecule has 4 heteroatoms. The molecule has 0 radical (unpaired) electrons. The molecule has 2 aliphatic rings. The average molecular weight is 493 g/mol. The average Bonchev–Trinajstić information content (AvgIpc) is 3.26. The maximum absolute atomic E-state index is 5.44. The molecule has 0 saturated carbocycles. The number of hydrogen-bond acceptors (Lipinski definition) is 4. The zero-order chi connectivity index (χ0) is 25.4. The Bertz CT molecular complexity index is 1570. The smallest absolute Gasteiger partial charge is 0.168 e. The summed E-state index contributed by atoms with van der Waals surface area (Å²) in [5.41, 5.74) is 6.17. The zero-order valence-electron chi connectivity index (χ0n) is 21.0. The van der Waals surface area contributed by atoms with Crippen LogP contribution in [0.15, 0.2) is 151 Å². The second-order valence-corrected chi connectivity index (χ2v) is 9.78. The number of amidine groups is 1. The lowest BCUT2D eigenvalue weighted by molar-refractivity contribution is 0.389. The van der Waals surface area contributed by atoms with Gasteiger partial charge in [0.25, 0.3) is 0 Å². The van der Waals surface area contributed by atoms with E-state index in [2.05, 4.69) is 161 Å². The number of anilines is 3. The lowest BCUT2D eigenvalue weighted by Crippen LogP contribution is -2.54.